The zero-order valence-electron chi connectivity index (χ0n) is 17.5. The summed E-state index contributed by atoms with van der Waals surface area (Å²) in [5.74, 6) is 0.449. The van der Waals surface area contributed by atoms with Crippen LogP contribution in [0.3, 0.4) is 0 Å². The fraction of sp³-hybridized carbons (Fsp3) is 0.217. The number of nitrogens with one attached hydrogen (secondary N) is 1. The van der Waals surface area contributed by atoms with Gasteiger partial charge in [0.25, 0.3) is 5.69 Å². The second kappa shape index (κ2) is 9.25. The lowest BCUT2D eigenvalue weighted by Crippen LogP contribution is -2.27. The van der Waals surface area contributed by atoms with Gasteiger partial charge in [-0.3, -0.25) is 15.4 Å². The number of hydrogen-bond donors (Lipinski definition) is 1. The summed E-state index contributed by atoms with van der Waals surface area (Å²) in [4.78, 5) is 27.2. The number of pyridine rings is 1. The van der Waals surface area contributed by atoms with Crippen LogP contribution in [0, 0.1) is 10.1 Å². The Labute approximate surface area is 180 Å². The van der Waals surface area contributed by atoms with E-state index in [2.05, 4.69) is 10.3 Å². The molecule has 8 nitrogen and oxygen atoms in total. The third-order valence-corrected chi connectivity index (χ3v) is 4.13. The van der Waals surface area contributed by atoms with E-state index in [1.165, 1.54) is 12.1 Å². The van der Waals surface area contributed by atoms with Gasteiger partial charge in [-0.15, -0.1) is 0 Å². The quantitative estimate of drug-likeness (QED) is 0.411. The van der Waals surface area contributed by atoms with Crippen LogP contribution in [0.4, 0.5) is 16.2 Å². The highest BCUT2D eigenvalue weighted by Crippen LogP contribution is 2.31. The SMILES string of the molecule is CC(C)(C)OC(=O)Nc1ccc(-c2ccc(OCc3ccccc3)nc2)cc1[N+](=O)[O-]. The van der Waals surface area contributed by atoms with Gasteiger partial charge in [-0.1, -0.05) is 36.4 Å². The van der Waals surface area contributed by atoms with Crippen molar-refractivity contribution in [1.29, 1.82) is 0 Å². The molecule has 0 atom stereocenters. The van der Waals surface area contributed by atoms with Crippen molar-refractivity contribution in [1.82, 2.24) is 4.98 Å². The number of carbonyl (C=O) groups excluding carboxylic acids is 1. The molecular weight excluding hydrogens is 398 g/mol. The molecule has 0 unspecified atom stereocenters. The number of rotatable bonds is 6. The Morgan fingerprint density at radius 1 is 1.06 bits per heavy atom. The van der Waals surface area contributed by atoms with Crippen molar-refractivity contribution in [3.63, 3.8) is 0 Å². The van der Waals surface area contributed by atoms with Crippen LogP contribution in [-0.4, -0.2) is 21.6 Å². The maximum absolute atomic E-state index is 12.0. The first-order chi connectivity index (χ1) is 14.7. The molecule has 0 aliphatic heterocycles. The van der Waals surface area contributed by atoms with Crippen molar-refractivity contribution in [2.24, 2.45) is 0 Å². The number of anilines is 1. The molecule has 1 N–H and O–H groups in total. The number of amides is 1. The van der Waals surface area contributed by atoms with Crippen LogP contribution >= 0.6 is 0 Å². The minimum absolute atomic E-state index is 0.0544. The number of benzene rings is 2. The number of aromatic nitrogens is 1. The molecule has 31 heavy (non-hydrogen) atoms. The van der Waals surface area contributed by atoms with Gasteiger partial charge in [0.15, 0.2) is 0 Å². The van der Waals surface area contributed by atoms with Crippen LogP contribution in [0.2, 0.25) is 0 Å². The summed E-state index contributed by atoms with van der Waals surface area (Å²) in [5.41, 5.74) is 1.39. The topological polar surface area (TPSA) is 104 Å². The summed E-state index contributed by atoms with van der Waals surface area (Å²) < 4.78 is 10.8. The summed E-state index contributed by atoms with van der Waals surface area (Å²) in [7, 11) is 0. The van der Waals surface area contributed by atoms with E-state index in [0.29, 0.717) is 23.6 Å². The Morgan fingerprint density at radius 3 is 2.39 bits per heavy atom. The molecule has 0 aliphatic carbocycles. The molecule has 0 aliphatic rings. The normalized spacial score (nSPS) is 10.9. The molecule has 0 fully saturated rings. The molecule has 0 saturated heterocycles. The zero-order valence-corrected chi connectivity index (χ0v) is 17.5. The van der Waals surface area contributed by atoms with Crippen molar-refractivity contribution in [3.05, 3.63) is 82.5 Å². The van der Waals surface area contributed by atoms with E-state index in [0.717, 1.165) is 5.56 Å². The number of nitro groups is 1. The first kappa shape index (κ1) is 21.8. The molecule has 3 aromatic rings. The van der Waals surface area contributed by atoms with Crippen LogP contribution in [0.15, 0.2) is 66.9 Å². The average Bonchev–Trinajstić information content (AvgIpc) is 2.72. The molecule has 0 radical (unpaired) electrons. The Hall–Kier alpha value is -3.94. The highest BCUT2D eigenvalue weighted by molar-refractivity contribution is 5.89. The van der Waals surface area contributed by atoms with Gasteiger partial charge in [0.2, 0.25) is 5.88 Å². The Morgan fingerprint density at radius 2 is 1.77 bits per heavy atom. The highest BCUT2D eigenvalue weighted by atomic mass is 16.6. The first-order valence-corrected chi connectivity index (χ1v) is 9.63. The number of nitro benzene ring substituents is 1. The summed E-state index contributed by atoms with van der Waals surface area (Å²) in [6, 6.07) is 17.7. The molecular formula is C23H23N3O5. The summed E-state index contributed by atoms with van der Waals surface area (Å²) in [6.07, 6.45) is 0.824. The summed E-state index contributed by atoms with van der Waals surface area (Å²) in [6.45, 7) is 5.53. The van der Waals surface area contributed by atoms with E-state index in [1.54, 1.807) is 45.2 Å². The average molecular weight is 421 g/mol. The van der Waals surface area contributed by atoms with Gasteiger partial charge in [0.1, 0.15) is 17.9 Å². The molecule has 2 aromatic carbocycles. The van der Waals surface area contributed by atoms with Crippen LogP contribution in [0.25, 0.3) is 11.1 Å². The van der Waals surface area contributed by atoms with Crippen molar-refractivity contribution in [3.8, 4) is 17.0 Å². The molecule has 1 heterocycles. The van der Waals surface area contributed by atoms with Gasteiger partial charge in [0.05, 0.1) is 4.92 Å². The Balaban J connectivity index is 1.74. The summed E-state index contributed by atoms with van der Waals surface area (Å²) >= 11 is 0. The van der Waals surface area contributed by atoms with E-state index >= 15 is 0 Å². The number of ether oxygens (including phenoxy) is 2. The fourth-order valence-electron chi connectivity index (χ4n) is 2.75. The molecule has 8 heteroatoms. The van der Waals surface area contributed by atoms with Gasteiger partial charge in [0, 0.05) is 23.9 Å². The second-order valence-corrected chi connectivity index (χ2v) is 7.78. The van der Waals surface area contributed by atoms with Gasteiger partial charge in [-0.2, -0.15) is 0 Å². The first-order valence-electron chi connectivity index (χ1n) is 9.63. The van der Waals surface area contributed by atoms with E-state index < -0.39 is 16.6 Å². The van der Waals surface area contributed by atoms with E-state index in [4.69, 9.17) is 9.47 Å². The van der Waals surface area contributed by atoms with Gasteiger partial charge >= 0.3 is 6.09 Å². The van der Waals surface area contributed by atoms with Gasteiger partial charge in [-0.05, 0) is 44.0 Å². The highest BCUT2D eigenvalue weighted by Gasteiger charge is 2.21. The lowest BCUT2D eigenvalue weighted by atomic mass is 10.1. The standard InChI is InChI=1S/C23H23N3O5/c1-23(2,3)31-22(27)25-19-11-9-17(13-20(19)26(28)29)18-10-12-21(24-14-18)30-15-16-7-5-4-6-8-16/h4-14H,15H2,1-3H3,(H,25,27). The molecule has 1 aromatic heterocycles. The molecule has 0 spiro atoms. The largest absolute Gasteiger partial charge is 0.473 e. The predicted octanol–water partition coefficient (Wildman–Crippen LogP) is 5.58. The number of carbonyl (C=O) groups is 1. The lowest BCUT2D eigenvalue weighted by molar-refractivity contribution is -0.383. The predicted molar refractivity (Wildman–Crippen MR) is 117 cm³/mol. The molecule has 0 saturated carbocycles. The minimum Gasteiger partial charge on any atom is -0.473 e. The van der Waals surface area contributed by atoms with Crippen LogP contribution < -0.4 is 10.1 Å². The van der Waals surface area contributed by atoms with Crippen molar-refractivity contribution < 1.29 is 19.2 Å². The Kier molecular flexibility index (Phi) is 6.49. The molecule has 3 rings (SSSR count). The maximum Gasteiger partial charge on any atom is 0.412 e. The maximum atomic E-state index is 12.0. The molecule has 0 bridgehead atoms. The van der Waals surface area contributed by atoms with Crippen LogP contribution in [-0.2, 0) is 11.3 Å². The lowest BCUT2D eigenvalue weighted by Gasteiger charge is -2.19. The monoisotopic (exact) mass is 421 g/mol. The fourth-order valence-corrected chi connectivity index (χ4v) is 2.75. The number of nitrogens with zero attached hydrogens (tertiary/aromatic N) is 2. The van der Waals surface area contributed by atoms with Crippen LogP contribution in [0.1, 0.15) is 26.3 Å². The van der Waals surface area contributed by atoms with E-state index in [-0.39, 0.29) is 11.4 Å². The van der Waals surface area contributed by atoms with Crippen LogP contribution in [0.5, 0.6) is 5.88 Å². The van der Waals surface area contributed by atoms with Crippen molar-refractivity contribution >= 4 is 17.5 Å². The van der Waals surface area contributed by atoms with Gasteiger partial charge < -0.3 is 9.47 Å². The third kappa shape index (κ3) is 6.27. The molecule has 1 amide bonds. The summed E-state index contributed by atoms with van der Waals surface area (Å²) in [5, 5.41) is 14.0. The van der Waals surface area contributed by atoms with E-state index in [9.17, 15) is 14.9 Å². The van der Waals surface area contributed by atoms with Gasteiger partial charge in [-0.25, -0.2) is 9.78 Å². The second-order valence-electron chi connectivity index (χ2n) is 7.78. The van der Waals surface area contributed by atoms with Crippen molar-refractivity contribution in [2.45, 2.75) is 33.0 Å². The smallest absolute Gasteiger partial charge is 0.412 e. The number of hydrogen-bond acceptors (Lipinski definition) is 6. The third-order valence-electron chi connectivity index (χ3n) is 4.13. The van der Waals surface area contributed by atoms with Crippen molar-refractivity contribution in [2.75, 3.05) is 5.32 Å². The Bertz CT molecular complexity index is 1060. The van der Waals surface area contributed by atoms with E-state index in [1.807, 2.05) is 30.3 Å². The molecule has 160 valence electrons. The zero-order chi connectivity index (χ0) is 22.4. The minimum atomic E-state index is -0.759.